The highest BCUT2D eigenvalue weighted by Gasteiger charge is 2.36. The summed E-state index contributed by atoms with van der Waals surface area (Å²) in [6.45, 7) is 13.0. The Balaban J connectivity index is 0.00000164. The fourth-order valence-corrected chi connectivity index (χ4v) is 6.13. The van der Waals surface area contributed by atoms with Crippen molar-refractivity contribution in [1.29, 1.82) is 0 Å². The Morgan fingerprint density at radius 1 is 1.18 bits per heavy atom. The number of likely N-dealkylation sites (tertiary alicyclic amines) is 1. The number of fused-ring (bicyclic) bond motifs is 1. The molecule has 10 heteroatoms. The van der Waals surface area contributed by atoms with E-state index in [1.54, 1.807) is 6.07 Å². The fraction of sp³-hybridized carbons (Fsp3) is 0.571. The Labute approximate surface area is 234 Å². The molecule has 0 radical (unpaired) electrons. The molecule has 2 aliphatic heterocycles. The second kappa shape index (κ2) is 12.6. The van der Waals surface area contributed by atoms with E-state index in [4.69, 9.17) is 43.4 Å². The summed E-state index contributed by atoms with van der Waals surface area (Å²) in [5.74, 6) is 1.45. The molecule has 38 heavy (non-hydrogen) atoms. The molecule has 8 nitrogen and oxygen atoms in total. The number of nitrogens with zero attached hydrogens (tertiary/aromatic N) is 6. The SMILES string of the molecule is CC.Cc1nn(C(C)c2ccc(Cl)cc2Cl)c2nc(N3CC(C4CCCN(CCCC(=O)O)C4)C3)cnc12. The van der Waals surface area contributed by atoms with Gasteiger partial charge in [-0.05, 0) is 75.7 Å². The normalized spacial score (nSPS) is 19.1. The van der Waals surface area contributed by atoms with Gasteiger partial charge in [0.05, 0.1) is 17.9 Å². The molecule has 1 aromatic carbocycles. The lowest BCUT2D eigenvalue weighted by molar-refractivity contribution is -0.137. The van der Waals surface area contributed by atoms with Crippen LogP contribution in [0.15, 0.2) is 24.4 Å². The van der Waals surface area contributed by atoms with Crippen molar-refractivity contribution in [3.05, 3.63) is 45.7 Å². The second-order valence-electron chi connectivity index (χ2n) is 10.1. The van der Waals surface area contributed by atoms with E-state index in [1.165, 1.54) is 12.8 Å². The van der Waals surface area contributed by atoms with E-state index >= 15 is 0 Å². The molecule has 0 amide bonds. The molecule has 1 N–H and O–H groups in total. The number of rotatable bonds is 8. The fourth-order valence-electron chi connectivity index (χ4n) is 5.57. The smallest absolute Gasteiger partial charge is 0.303 e. The Morgan fingerprint density at radius 2 is 1.95 bits per heavy atom. The lowest BCUT2D eigenvalue weighted by Crippen LogP contribution is -2.54. The van der Waals surface area contributed by atoms with Gasteiger partial charge in [0.25, 0.3) is 0 Å². The molecule has 2 fully saturated rings. The number of aliphatic carboxylic acids is 1. The van der Waals surface area contributed by atoms with Crippen LogP contribution in [-0.4, -0.2) is 68.4 Å². The summed E-state index contributed by atoms with van der Waals surface area (Å²) in [4.78, 5) is 25.3. The predicted molar refractivity (Wildman–Crippen MR) is 153 cm³/mol. The highest BCUT2D eigenvalue weighted by Crippen LogP contribution is 2.35. The number of piperidine rings is 1. The average molecular weight is 562 g/mol. The number of carbonyl (C=O) groups is 1. The van der Waals surface area contributed by atoms with Gasteiger partial charge in [0.1, 0.15) is 11.3 Å². The summed E-state index contributed by atoms with van der Waals surface area (Å²) in [5, 5.41) is 14.9. The van der Waals surface area contributed by atoms with Gasteiger partial charge in [-0.2, -0.15) is 5.10 Å². The van der Waals surface area contributed by atoms with Crippen LogP contribution in [0.1, 0.15) is 63.8 Å². The van der Waals surface area contributed by atoms with Crippen LogP contribution in [0, 0.1) is 18.8 Å². The third-order valence-electron chi connectivity index (χ3n) is 7.65. The predicted octanol–water partition coefficient (Wildman–Crippen LogP) is 6.09. The maximum Gasteiger partial charge on any atom is 0.303 e. The molecule has 206 valence electrons. The molecule has 2 atom stereocenters. The summed E-state index contributed by atoms with van der Waals surface area (Å²) >= 11 is 12.6. The maximum atomic E-state index is 10.8. The molecule has 0 saturated carbocycles. The van der Waals surface area contributed by atoms with E-state index in [2.05, 4.69) is 16.7 Å². The number of hydrogen-bond acceptors (Lipinski definition) is 6. The standard InChI is InChI=1S/C26H32Cl2N6O2.C2H6/c1-16-25-26(34(31-16)17(2)21-8-7-20(27)11-22(21)28)30-23(12-29-25)33-14-19(15-33)18-5-3-9-32(13-18)10-4-6-24(35)36;1-2/h7-8,11-12,17-19H,3-6,9-10,13-15H2,1-2H3,(H,35,36);1-2H3. The summed E-state index contributed by atoms with van der Waals surface area (Å²) in [7, 11) is 0. The molecule has 3 aromatic rings. The van der Waals surface area contributed by atoms with Gasteiger partial charge in [-0.3, -0.25) is 4.79 Å². The van der Waals surface area contributed by atoms with Gasteiger partial charge in [0.15, 0.2) is 5.65 Å². The van der Waals surface area contributed by atoms with E-state index in [0.29, 0.717) is 21.9 Å². The summed E-state index contributed by atoms with van der Waals surface area (Å²) in [5.41, 5.74) is 3.34. The number of hydrogen-bond donors (Lipinski definition) is 1. The van der Waals surface area contributed by atoms with Crippen LogP contribution in [0.3, 0.4) is 0 Å². The zero-order valence-corrected chi connectivity index (χ0v) is 24.2. The molecule has 0 aliphatic carbocycles. The van der Waals surface area contributed by atoms with Crippen LogP contribution in [0.4, 0.5) is 5.82 Å². The summed E-state index contributed by atoms with van der Waals surface area (Å²) < 4.78 is 1.91. The Morgan fingerprint density at radius 3 is 2.66 bits per heavy atom. The molecule has 5 rings (SSSR count). The average Bonchev–Trinajstić information content (AvgIpc) is 3.20. The number of aryl methyl sites for hydroxylation is 1. The number of aromatic nitrogens is 4. The van der Waals surface area contributed by atoms with Crippen molar-refractivity contribution in [2.24, 2.45) is 11.8 Å². The van der Waals surface area contributed by atoms with E-state index in [1.807, 2.05) is 43.8 Å². The number of carboxylic acid groups (broad SMARTS) is 1. The molecule has 2 unspecified atom stereocenters. The Bertz CT molecular complexity index is 1260. The minimum Gasteiger partial charge on any atom is -0.481 e. The molecular weight excluding hydrogens is 523 g/mol. The Kier molecular flexibility index (Phi) is 9.50. The topological polar surface area (TPSA) is 87.4 Å². The third kappa shape index (κ3) is 6.24. The summed E-state index contributed by atoms with van der Waals surface area (Å²) in [6, 6.07) is 5.41. The first kappa shape index (κ1) is 28.6. The van der Waals surface area contributed by atoms with Gasteiger partial charge in [-0.15, -0.1) is 0 Å². The molecule has 0 spiro atoms. The van der Waals surface area contributed by atoms with Crippen LogP contribution >= 0.6 is 23.2 Å². The van der Waals surface area contributed by atoms with Crippen molar-refractivity contribution >= 4 is 46.2 Å². The van der Waals surface area contributed by atoms with Crippen LogP contribution in [0.5, 0.6) is 0 Å². The minimum absolute atomic E-state index is 0.117. The van der Waals surface area contributed by atoms with Gasteiger partial charge in [0.2, 0.25) is 0 Å². The van der Waals surface area contributed by atoms with Crippen molar-refractivity contribution in [3.8, 4) is 0 Å². The lowest BCUT2D eigenvalue weighted by atomic mass is 9.80. The van der Waals surface area contributed by atoms with E-state index in [0.717, 1.165) is 67.4 Å². The van der Waals surface area contributed by atoms with Crippen LogP contribution in [-0.2, 0) is 4.79 Å². The van der Waals surface area contributed by atoms with Crippen LogP contribution in [0.2, 0.25) is 10.0 Å². The molecule has 2 aromatic heterocycles. The third-order valence-corrected chi connectivity index (χ3v) is 8.21. The number of anilines is 1. The van der Waals surface area contributed by atoms with Crippen molar-refractivity contribution in [2.75, 3.05) is 37.6 Å². The van der Waals surface area contributed by atoms with Crippen LogP contribution in [0.25, 0.3) is 11.2 Å². The number of halogens is 2. The molecule has 2 aliphatic rings. The molecule has 4 heterocycles. The van der Waals surface area contributed by atoms with Gasteiger partial charge in [-0.25, -0.2) is 14.6 Å². The highest BCUT2D eigenvalue weighted by atomic mass is 35.5. The van der Waals surface area contributed by atoms with Gasteiger partial charge >= 0.3 is 5.97 Å². The van der Waals surface area contributed by atoms with Gasteiger partial charge in [-0.1, -0.05) is 43.1 Å². The Hall–Kier alpha value is -2.42. The van der Waals surface area contributed by atoms with E-state index in [-0.39, 0.29) is 12.5 Å². The highest BCUT2D eigenvalue weighted by molar-refractivity contribution is 6.35. The quantitative estimate of drug-likeness (QED) is 0.356. The first-order valence-corrected chi connectivity index (χ1v) is 14.4. The first-order valence-electron chi connectivity index (χ1n) is 13.7. The largest absolute Gasteiger partial charge is 0.481 e. The van der Waals surface area contributed by atoms with Gasteiger partial charge < -0.3 is 14.9 Å². The number of benzene rings is 1. The first-order chi connectivity index (χ1) is 18.3. The van der Waals surface area contributed by atoms with E-state index in [9.17, 15) is 4.79 Å². The zero-order valence-electron chi connectivity index (χ0n) is 22.7. The molecule has 2 saturated heterocycles. The molecular formula is C28H38Cl2N6O2. The van der Waals surface area contributed by atoms with Crippen molar-refractivity contribution in [1.82, 2.24) is 24.6 Å². The van der Waals surface area contributed by atoms with E-state index < -0.39 is 5.97 Å². The maximum absolute atomic E-state index is 10.8. The van der Waals surface area contributed by atoms with Crippen molar-refractivity contribution < 1.29 is 9.90 Å². The zero-order chi connectivity index (χ0) is 27.4. The van der Waals surface area contributed by atoms with Crippen molar-refractivity contribution in [3.63, 3.8) is 0 Å². The summed E-state index contributed by atoms with van der Waals surface area (Å²) in [6.07, 6.45) is 5.25. The lowest BCUT2D eigenvalue weighted by Gasteiger charge is -2.47. The van der Waals surface area contributed by atoms with Crippen molar-refractivity contribution in [2.45, 2.75) is 59.4 Å². The van der Waals surface area contributed by atoms with Gasteiger partial charge in [0, 0.05) is 36.1 Å². The molecule has 0 bridgehead atoms. The number of carboxylic acids is 1. The minimum atomic E-state index is -0.710. The second-order valence-corrected chi connectivity index (χ2v) is 11.0. The van der Waals surface area contributed by atoms with Crippen LogP contribution < -0.4 is 4.90 Å². The monoisotopic (exact) mass is 560 g/mol.